The largest absolute Gasteiger partial charge is 0.416 e. The molecule has 2 aliphatic heterocycles. The second-order valence-corrected chi connectivity index (χ2v) is 10.5. The first-order valence-corrected chi connectivity index (χ1v) is 13.0. The van der Waals surface area contributed by atoms with Crippen LogP contribution in [-0.2, 0) is 23.5 Å². The molecule has 1 N–H and O–H groups in total. The van der Waals surface area contributed by atoms with Crippen molar-refractivity contribution in [3.05, 3.63) is 69.8 Å². The molecule has 0 radical (unpaired) electrons. The van der Waals surface area contributed by atoms with Crippen molar-refractivity contribution in [3.8, 4) is 0 Å². The normalized spacial score (nSPS) is 20.2. The highest BCUT2D eigenvalue weighted by atomic mass is 35.5. The van der Waals surface area contributed by atoms with Gasteiger partial charge in [0, 0.05) is 44.8 Å². The van der Waals surface area contributed by atoms with Crippen molar-refractivity contribution >= 4 is 30.7 Å². The molecule has 2 aromatic carbocycles. The van der Waals surface area contributed by atoms with Gasteiger partial charge in [-0.3, -0.25) is 9.69 Å². The van der Waals surface area contributed by atoms with Crippen molar-refractivity contribution in [2.75, 3.05) is 52.5 Å². The second kappa shape index (κ2) is 13.9. The van der Waals surface area contributed by atoms with Crippen LogP contribution in [0.3, 0.4) is 0 Å². The van der Waals surface area contributed by atoms with Crippen molar-refractivity contribution in [1.82, 2.24) is 15.1 Å². The fraction of sp³-hybridized carbons (Fsp3) is 0.536. The van der Waals surface area contributed by atoms with Gasteiger partial charge in [0.05, 0.1) is 29.9 Å². The fourth-order valence-corrected chi connectivity index (χ4v) is 5.35. The molecule has 4 rings (SSSR count). The van der Waals surface area contributed by atoms with E-state index in [1.54, 1.807) is 0 Å². The van der Waals surface area contributed by atoms with Crippen LogP contribution >= 0.6 is 24.8 Å². The minimum atomic E-state index is -5.04. The molecule has 1 atom stereocenters. The Kier molecular flexibility index (Phi) is 12.0. The van der Waals surface area contributed by atoms with Gasteiger partial charge in [-0.2, -0.15) is 26.3 Å². The third-order valence-electron chi connectivity index (χ3n) is 7.72. The first kappa shape index (κ1) is 35.1. The Hall–Kier alpha value is -2.05. The average molecular weight is 631 g/mol. The van der Waals surface area contributed by atoms with Crippen molar-refractivity contribution in [2.24, 2.45) is 0 Å². The number of halogens is 8. The number of nitrogens with zero attached hydrogens (tertiary/aromatic N) is 2. The van der Waals surface area contributed by atoms with Crippen LogP contribution in [0.1, 0.15) is 44.6 Å². The molecule has 230 valence electrons. The third kappa shape index (κ3) is 8.50. The van der Waals surface area contributed by atoms with Crippen LogP contribution in [0.2, 0.25) is 0 Å². The Morgan fingerprint density at radius 1 is 0.902 bits per heavy atom. The summed E-state index contributed by atoms with van der Waals surface area (Å²) in [6.45, 7) is 8.04. The number of hydrogen-bond acceptors (Lipinski definition) is 4. The molecule has 2 fully saturated rings. The number of alkyl halides is 6. The number of ether oxygens (including phenoxy) is 1. The zero-order valence-electron chi connectivity index (χ0n) is 22.8. The molecular formula is C28H35Cl2F6N3O2. The van der Waals surface area contributed by atoms with E-state index in [4.69, 9.17) is 4.74 Å². The van der Waals surface area contributed by atoms with Crippen LogP contribution in [-0.4, -0.2) is 73.7 Å². The van der Waals surface area contributed by atoms with E-state index >= 15 is 0 Å². The van der Waals surface area contributed by atoms with Gasteiger partial charge in [-0.15, -0.1) is 24.8 Å². The molecule has 1 amide bonds. The molecular weight excluding hydrogens is 595 g/mol. The highest BCUT2D eigenvalue weighted by molar-refractivity contribution is 5.95. The van der Waals surface area contributed by atoms with Gasteiger partial charge in [-0.25, -0.2) is 0 Å². The van der Waals surface area contributed by atoms with E-state index < -0.39 is 40.5 Å². The summed E-state index contributed by atoms with van der Waals surface area (Å²) >= 11 is 0. The molecule has 0 aromatic heterocycles. The van der Waals surface area contributed by atoms with E-state index in [0.29, 0.717) is 70.9 Å². The highest BCUT2D eigenvalue weighted by Crippen LogP contribution is 2.38. The lowest BCUT2D eigenvalue weighted by atomic mass is 9.82. The number of benzene rings is 2. The van der Waals surface area contributed by atoms with Crippen LogP contribution in [0.5, 0.6) is 0 Å². The Morgan fingerprint density at radius 2 is 1.51 bits per heavy atom. The quantitative estimate of drug-likeness (QED) is 0.402. The maximum atomic E-state index is 13.9. The van der Waals surface area contributed by atoms with Gasteiger partial charge in [0.25, 0.3) is 5.91 Å². The monoisotopic (exact) mass is 629 g/mol. The van der Waals surface area contributed by atoms with Crippen molar-refractivity contribution in [2.45, 2.75) is 44.6 Å². The first-order valence-electron chi connectivity index (χ1n) is 13.0. The van der Waals surface area contributed by atoms with Crippen LogP contribution < -0.4 is 5.32 Å². The van der Waals surface area contributed by atoms with Crippen LogP contribution in [0.25, 0.3) is 0 Å². The highest BCUT2D eigenvalue weighted by Gasteiger charge is 2.44. The van der Waals surface area contributed by atoms with E-state index in [2.05, 4.69) is 10.2 Å². The second-order valence-electron chi connectivity index (χ2n) is 10.5. The van der Waals surface area contributed by atoms with Gasteiger partial charge in [0.2, 0.25) is 0 Å². The molecule has 1 unspecified atom stereocenters. The minimum absolute atomic E-state index is 0. The number of piperazine rings is 1. The van der Waals surface area contributed by atoms with Gasteiger partial charge in [-0.05, 0) is 61.6 Å². The molecule has 2 aliphatic rings. The standard InChI is InChI=1S/C28H33F6N3O2.2ClH/c1-19-3-4-21(13-20(19)2)17-26(5-7-36-9-11-39-12-10-36)18-35-6-8-37(26)25(38)22-14-23(27(29,30)31)16-24(15-22)28(32,33)34;;/h3-4,13-16,35H,5-12,17-18H2,1-2H3;2*1H. The van der Waals surface area contributed by atoms with Gasteiger partial charge >= 0.3 is 12.4 Å². The van der Waals surface area contributed by atoms with Gasteiger partial charge in [0.1, 0.15) is 0 Å². The molecule has 0 bridgehead atoms. The SMILES string of the molecule is Cc1ccc(CC2(CCN3CCOCC3)CNCCN2C(=O)c2cc(C(F)(F)F)cc(C(F)(F)F)c2)cc1C.Cl.Cl. The maximum Gasteiger partial charge on any atom is 0.416 e. The summed E-state index contributed by atoms with van der Waals surface area (Å²) in [7, 11) is 0. The van der Waals surface area contributed by atoms with E-state index in [1.165, 1.54) is 4.90 Å². The Balaban J connectivity index is 0.00000294. The predicted molar refractivity (Wildman–Crippen MR) is 149 cm³/mol. The molecule has 13 heteroatoms. The number of aryl methyl sites for hydroxylation is 2. The van der Waals surface area contributed by atoms with E-state index in [-0.39, 0.29) is 37.4 Å². The molecule has 0 saturated carbocycles. The zero-order chi connectivity index (χ0) is 28.4. The van der Waals surface area contributed by atoms with Crippen LogP contribution in [0, 0.1) is 13.8 Å². The molecule has 0 spiro atoms. The Bertz CT molecular complexity index is 1160. The molecule has 2 saturated heterocycles. The maximum absolute atomic E-state index is 13.9. The molecule has 0 aliphatic carbocycles. The predicted octanol–water partition coefficient (Wildman–Crippen LogP) is 5.93. The molecule has 41 heavy (non-hydrogen) atoms. The van der Waals surface area contributed by atoms with Crippen molar-refractivity contribution in [3.63, 3.8) is 0 Å². The van der Waals surface area contributed by atoms with Crippen LogP contribution in [0.15, 0.2) is 36.4 Å². The average Bonchev–Trinajstić information content (AvgIpc) is 2.89. The van der Waals surface area contributed by atoms with E-state index in [0.717, 1.165) is 16.7 Å². The van der Waals surface area contributed by atoms with E-state index in [1.807, 2.05) is 32.0 Å². The van der Waals surface area contributed by atoms with Gasteiger partial charge in [0.15, 0.2) is 0 Å². The number of carbonyl (C=O) groups excluding carboxylic acids is 1. The summed E-state index contributed by atoms with van der Waals surface area (Å²) in [5.41, 5.74) is -1.36. The summed E-state index contributed by atoms with van der Waals surface area (Å²) in [6.07, 6.45) is -9.18. The number of amides is 1. The summed E-state index contributed by atoms with van der Waals surface area (Å²) in [5, 5.41) is 3.32. The lowest BCUT2D eigenvalue weighted by molar-refractivity contribution is -0.143. The fourth-order valence-electron chi connectivity index (χ4n) is 5.35. The van der Waals surface area contributed by atoms with Crippen LogP contribution in [0.4, 0.5) is 26.3 Å². The lowest BCUT2D eigenvalue weighted by Crippen LogP contribution is -2.65. The van der Waals surface area contributed by atoms with E-state index in [9.17, 15) is 31.1 Å². The molecule has 2 heterocycles. The Labute approximate surface area is 248 Å². The van der Waals surface area contributed by atoms with Crippen molar-refractivity contribution in [1.29, 1.82) is 0 Å². The first-order chi connectivity index (χ1) is 18.3. The molecule has 5 nitrogen and oxygen atoms in total. The number of nitrogens with one attached hydrogen (secondary N) is 1. The summed E-state index contributed by atoms with van der Waals surface area (Å²) < 4.78 is 86.8. The van der Waals surface area contributed by atoms with Crippen molar-refractivity contribution < 1.29 is 35.9 Å². The smallest absolute Gasteiger partial charge is 0.379 e. The number of rotatable bonds is 6. The van der Waals surface area contributed by atoms with Gasteiger partial charge in [-0.1, -0.05) is 18.2 Å². The Morgan fingerprint density at radius 3 is 2.07 bits per heavy atom. The number of morpholine rings is 1. The topological polar surface area (TPSA) is 44.8 Å². The summed E-state index contributed by atoms with van der Waals surface area (Å²) in [6, 6.07) is 7.07. The lowest BCUT2D eigenvalue weighted by Gasteiger charge is -2.49. The molecule has 2 aromatic rings. The third-order valence-corrected chi connectivity index (χ3v) is 7.72. The summed E-state index contributed by atoms with van der Waals surface area (Å²) in [4.78, 5) is 17.6. The number of carbonyl (C=O) groups is 1. The zero-order valence-corrected chi connectivity index (χ0v) is 24.5. The minimum Gasteiger partial charge on any atom is -0.379 e. The number of hydrogen-bond donors (Lipinski definition) is 1. The van der Waals surface area contributed by atoms with Gasteiger partial charge < -0.3 is 15.0 Å². The summed E-state index contributed by atoms with van der Waals surface area (Å²) in [5.74, 6) is -0.834.